The Morgan fingerprint density at radius 3 is 2.84 bits per heavy atom. The van der Waals surface area contributed by atoms with Crippen molar-refractivity contribution in [3.05, 3.63) is 36.4 Å². The second-order valence-electron chi connectivity index (χ2n) is 4.84. The molecular formula is C17H25F2N3O2S. The van der Waals surface area contributed by atoms with E-state index in [-0.39, 0.29) is 12.3 Å². The smallest absolute Gasteiger partial charge is 0.387 e. The van der Waals surface area contributed by atoms with Gasteiger partial charge >= 0.3 is 6.61 Å². The van der Waals surface area contributed by atoms with Crippen LogP contribution in [0.2, 0.25) is 0 Å². The summed E-state index contributed by atoms with van der Waals surface area (Å²) in [4.78, 5) is 4.43. The van der Waals surface area contributed by atoms with Crippen LogP contribution in [0.25, 0.3) is 0 Å². The molecule has 0 atom stereocenters. The monoisotopic (exact) mass is 373 g/mol. The molecule has 25 heavy (non-hydrogen) atoms. The second kappa shape index (κ2) is 12.4. The first-order valence-corrected chi connectivity index (χ1v) is 9.08. The first-order chi connectivity index (χ1) is 12.1. The highest BCUT2D eigenvalue weighted by Gasteiger charge is 2.11. The van der Waals surface area contributed by atoms with Gasteiger partial charge in [0.1, 0.15) is 11.5 Å². The molecule has 1 aromatic rings. The van der Waals surface area contributed by atoms with Crippen LogP contribution >= 0.6 is 11.8 Å². The van der Waals surface area contributed by atoms with Gasteiger partial charge < -0.3 is 20.1 Å². The molecule has 8 heteroatoms. The van der Waals surface area contributed by atoms with Gasteiger partial charge in [-0.25, -0.2) is 4.99 Å². The van der Waals surface area contributed by atoms with Crippen LogP contribution in [-0.2, 0) is 6.54 Å². The quantitative estimate of drug-likeness (QED) is 0.270. The van der Waals surface area contributed by atoms with E-state index in [4.69, 9.17) is 4.74 Å². The number of guanidine groups is 1. The van der Waals surface area contributed by atoms with Crippen molar-refractivity contribution >= 4 is 17.7 Å². The number of hydrogen-bond donors (Lipinski definition) is 2. The lowest BCUT2D eigenvalue weighted by molar-refractivity contribution is -0.0504. The minimum Gasteiger partial charge on any atom is -0.497 e. The molecule has 2 N–H and O–H groups in total. The molecule has 0 bridgehead atoms. The van der Waals surface area contributed by atoms with E-state index in [0.717, 1.165) is 18.1 Å². The number of benzene rings is 1. The van der Waals surface area contributed by atoms with Crippen LogP contribution in [0, 0.1) is 0 Å². The molecule has 0 aliphatic rings. The summed E-state index contributed by atoms with van der Waals surface area (Å²) in [6, 6.07) is 4.68. The fourth-order valence-corrected chi connectivity index (χ4v) is 2.51. The summed E-state index contributed by atoms with van der Waals surface area (Å²) in [5.41, 5.74) is 0.526. The minimum absolute atomic E-state index is 0.0944. The molecule has 1 rings (SSSR count). The van der Waals surface area contributed by atoms with Gasteiger partial charge in [0.05, 0.1) is 13.7 Å². The van der Waals surface area contributed by atoms with Crippen molar-refractivity contribution < 1.29 is 18.3 Å². The summed E-state index contributed by atoms with van der Waals surface area (Å²) in [5.74, 6) is 3.08. The predicted molar refractivity (Wildman–Crippen MR) is 100.0 cm³/mol. The maximum Gasteiger partial charge on any atom is 0.387 e. The van der Waals surface area contributed by atoms with Crippen LogP contribution in [-0.4, -0.2) is 44.3 Å². The third-order valence-electron chi connectivity index (χ3n) is 3.01. The number of nitrogens with one attached hydrogen (secondary N) is 2. The highest BCUT2D eigenvalue weighted by molar-refractivity contribution is 7.99. The van der Waals surface area contributed by atoms with Gasteiger partial charge in [-0.2, -0.15) is 20.5 Å². The number of thioether (sulfide) groups is 1. The van der Waals surface area contributed by atoms with Crippen LogP contribution in [0.3, 0.4) is 0 Å². The van der Waals surface area contributed by atoms with E-state index in [1.165, 1.54) is 13.2 Å². The zero-order chi connectivity index (χ0) is 18.5. The van der Waals surface area contributed by atoms with Crippen molar-refractivity contribution in [2.45, 2.75) is 20.1 Å². The maximum atomic E-state index is 12.5. The van der Waals surface area contributed by atoms with Gasteiger partial charge in [0.15, 0.2) is 5.96 Å². The van der Waals surface area contributed by atoms with Gasteiger partial charge in [-0.1, -0.05) is 6.08 Å². The number of halogens is 2. The van der Waals surface area contributed by atoms with E-state index < -0.39 is 6.61 Å². The number of aliphatic imine (C=N–C) groups is 1. The average molecular weight is 373 g/mol. The van der Waals surface area contributed by atoms with Crippen molar-refractivity contribution in [2.24, 2.45) is 4.99 Å². The van der Waals surface area contributed by atoms with Crippen LogP contribution in [0.1, 0.15) is 12.5 Å². The van der Waals surface area contributed by atoms with E-state index in [9.17, 15) is 8.78 Å². The highest BCUT2D eigenvalue weighted by atomic mass is 32.2. The normalized spacial score (nSPS) is 11.3. The molecule has 0 aliphatic carbocycles. The van der Waals surface area contributed by atoms with Crippen LogP contribution in [0.5, 0.6) is 11.5 Å². The van der Waals surface area contributed by atoms with Crippen molar-refractivity contribution in [1.29, 1.82) is 0 Å². The first kappa shape index (κ1) is 21.1. The second-order valence-corrected chi connectivity index (χ2v) is 5.99. The van der Waals surface area contributed by atoms with Gasteiger partial charge in [0.25, 0.3) is 0 Å². The van der Waals surface area contributed by atoms with Crippen LogP contribution < -0.4 is 20.1 Å². The van der Waals surface area contributed by atoms with E-state index in [0.29, 0.717) is 23.8 Å². The Labute approximate surface area is 151 Å². The van der Waals surface area contributed by atoms with Crippen LogP contribution in [0.15, 0.2) is 35.8 Å². The third-order valence-corrected chi connectivity index (χ3v) is 3.97. The Kier molecular flexibility index (Phi) is 10.5. The lowest BCUT2D eigenvalue weighted by atomic mass is 10.2. The van der Waals surface area contributed by atoms with Gasteiger partial charge in [0, 0.05) is 30.2 Å². The fraction of sp³-hybridized carbons (Fsp3) is 0.471. The number of rotatable bonds is 11. The van der Waals surface area contributed by atoms with E-state index >= 15 is 0 Å². The van der Waals surface area contributed by atoms with Gasteiger partial charge in [-0.3, -0.25) is 0 Å². The number of methoxy groups -OCH3 is 1. The third kappa shape index (κ3) is 8.62. The van der Waals surface area contributed by atoms with E-state index in [1.807, 2.05) is 13.0 Å². The summed E-state index contributed by atoms with van der Waals surface area (Å²) in [6.45, 7) is 4.38. The number of hydrogen-bond acceptors (Lipinski definition) is 4. The average Bonchev–Trinajstić information content (AvgIpc) is 2.59. The summed E-state index contributed by atoms with van der Waals surface area (Å²) in [6.07, 6.45) is 1.86. The Balaban J connectivity index is 2.76. The molecule has 0 spiro atoms. The van der Waals surface area contributed by atoms with Gasteiger partial charge in [-0.15, -0.1) is 6.58 Å². The maximum absolute atomic E-state index is 12.5. The molecule has 5 nitrogen and oxygen atoms in total. The molecule has 0 saturated carbocycles. The predicted octanol–water partition coefficient (Wildman–Crippen LogP) is 3.27. The summed E-state index contributed by atoms with van der Waals surface area (Å²) < 4.78 is 34.8. The summed E-state index contributed by atoms with van der Waals surface area (Å²) >= 11 is 1.76. The molecule has 1 aromatic carbocycles. The zero-order valence-corrected chi connectivity index (χ0v) is 15.4. The van der Waals surface area contributed by atoms with E-state index in [1.54, 1.807) is 23.9 Å². The van der Waals surface area contributed by atoms with E-state index in [2.05, 4.69) is 26.9 Å². The SMILES string of the molecule is C=CCSCCNC(=NCc1cc(OC)ccc1OC(F)F)NCC. The Bertz CT molecular complexity index is 557. The Hall–Kier alpha value is -1.96. The van der Waals surface area contributed by atoms with Gasteiger partial charge in [0.2, 0.25) is 0 Å². The molecule has 0 fully saturated rings. The van der Waals surface area contributed by atoms with Crippen molar-refractivity contribution in [3.63, 3.8) is 0 Å². The van der Waals surface area contributed by atoms with Crippen molar-refractivity contribution in [2.75, 3.05) is 31.7 Å². The molecule has 0 radical (unpaired) electrons. The highest BCUT2D eigenvalue weighted by Crippen LogP contribution is 2.26. The largest absolute Gasteiger partial charge is 0.497 e. The molecule has 0 aromatic heterocycles. The topological polar surface area (TPSA) is 54.9 Å². The lowest BCUT2D eigenvalue weighted by Crippen LogP contribution is -2.38. The molecule has 0 amide bonds. The summed E-state index contributed by atoms with van der Waals surface area (Å²) in [7, 11) is 1.52. The molecule has 0 aliphatic heterocycles. The molecule has 0 heterocycles. The summed E-state index contributed by atoms with van der Waals surface area (Å²) in [5, 5.41) is 6.32. The number of ether oxygens (including phenoxy) is 2. The standard InChI is InChI=1S/C17H25F2N3O2S/c1-4-9-25-10-8-21-17(20-5-2)22-12-13-11-14(23-3)6-7-15(13)24-16(18)19/h4,6-7,11,16H,1,5,8-10,12H2,2-3H3,(H2,20,21,22). The number of nitrogens with zero attached hydrogens (tertiary/aromatic N) is 1. The molecule has 0 unspecified atom stereocenters. The lowest BCUT2D eigenvalue weighted by Gasteiger charge is -2.13. The minimum atomic E-state index is -2.88. The van der Waals surface area contributed by atoms with Crippen molar-refractivity contribution in [1.82, 2.24) is 10.6 Å². The van der Waals surface area contributed by atoms with Crippen molar-refractivity contribution in [3.8, 4) is 11.5 Å². The number of alkyl halides is 2. The Morgan fingerprint density at radius 2 is 2.20 bits per heavy atom. The zero-order valence-electron chi connectivity index (χ0n) is 14.6. The molecule has 140 valence electrons. The van der Waals surface area contributed by atoms with Crippen LogP contribution in [0.4, 0.5) is 8.78 Å². The Morgan fingerprint density at radius 1 is 1.40 bits per heavy atom. The molecular weight excluding hydrogens is 348 g/mol. The molecule has 0 saturated heterocycles. The fourth-order valence-electron chi connectivity index (χ4n) is 1.93. The first-order valence-electron chi connectivity index (χ1n) is 7.93. The van der Waals surface area contributed by atoms with Gasteiger partial charge in [-0.05, 0) is 25.1 Å².